The molecule has 0 bridgehead atoms. The molecule has 0 aliphatic rings. The van der Waals surface area contributed by atoms with Gasteiger partial charge in [0.25, 0.3) is 0 Å². The van der Waals surface area contributed by atoms with E-state index in [-0.39, 0.29) is 46.6 Å². The molecule has 0 spiro atoms. The number of nitrogens with two attached hydrogens (primary N) is 2. The van der Waals surface area contributed by atoms with E-state index in [0.717, 1.165) is 23.5 Å². The predicted molar refractivity (Wildman–Crippen MR) is 101 cm³/mol. The lowest BCUT2D eigenvalue weighted by atomic mass is 10.0. The van der Waals surface area contributed by atoms with Crippen LogP contribution in [-0.2, 0) is 9.53 Å². The van der Waals surface area contributed by atoms with Crippen molar-refractivity contribution in [3.05, 3.63) is 45.7 Å². The Morgan fingerprint density at radius 2 is 2.11 bits per heavy atom. The standard InChI is InChI=1S/C17H17FN4O5S/c1-26-2-3-27-14-6-10(19)8(4-9(14)18)15(21)13(23)5-11(20)16-22-12(7-28-16)17(24)25/h4-7,21H,2-3,19-20H2,1H3,(H,24,25). The summed E-state index contributed by atoms with van der Waals surface area (Å²) < 4.78 is 24.1. The summed E-state index contributed by atoms with van der Waals surface area (Å²) in [6.45, 7) is 0.355. The Bertz CT molecular complexity index is 957. The highest BCUT2D eigenvalue weighted by atomic mass is 32.1. The minimum atomic E-state index is -1.23. The lowest BCUT2D eigenvalue weighted by Gasteiger charge is -2.11. The summed E-state index contributed by atoms with van der Waals surface area (Å²) in [6.07, 6.45) is 0.910. The molecular weight excluding hydrogens is 391 g/mol. The first kappa shape index (κ1) is 21.0. The summed E-state index contributed by atoms with van der Waals surface area (Å²) in [7, 11) is 1.47. The Morgan fingerprint density at radius 3 is 2.71 bits per heavy atom. The molecule has 0 saturated heterocycles. The first-order chi connectivity index (χ1) is 13.2. The minimum absolute atomic E-state index is 0.0263. The van der Waals surface area contributed by atoms with Crippen molar-refractivity contribution in [3.8, 4) is 5.75 Å². The van der Waals surface area contributed by atoms with Crippen LogP contribution < -0.4 is 16.2 Å². The third-order valence-electron chi connectivity index (χ3n) is 3.42. The Morgan fingerprint density at radius 1 is 1.39 bits per heavy atom. The van der Waals surface area contributed by atoms with E-state index in [0.29, 0.717) is 0 Å². The van der Waals surface area contributed by atoms with Gasteiger partial charge in [-0.15, -0.1) is 11.3 Å². The number of methoxy groups -OCH3 is 1. The van der Waals surface area contributed by atoms with E-state index >= 15 is 0 Å². The normalized spacial score (nSPS) is 11.3. The molecule has 2 rings (SSSR count). The molecule has 11 heteroatoms. The van der Waals surface area contributed by atoms with Crippen LogP contribution in [0.5, 0.6) is 5.75 Å². The summed E-state index contributed by atoms with van der Waals surface area (Å²) in [6, 6.07) is 2.10. The van der Waals surface area contributed by atoms with Crippen LogP contribution in [0.4, 0.5) is 10.1 Å². The number of carbonyl (C=O) groups is 2. The molecule has 0 saturated carbocycles. The maximum Gasteiger partial charge on any atom is 0.355 e. The average molecular weight is 408 g/mol. The Balaban J connectivity index is 2.21. The molecule has 0 aliphatic carbocycles. The van der Waals surface area contributed by atoms with E-state index < -0.39 is 23.3 Å². The summed E-state index contributed by atoms with van der Waals surface area (Å²) in [5, 5.41) is 18.2. The smallest absolute Gasteiger partial charge is 0.355 e. The van der Waals surface area contributed by atoms with Crippen molar-refractivity contribution < 1.29 is 28.6 Å². The van der Waals surface area contributed by atoms with Crippen molar-refractivity contribution >= 4 is 40.2 Å². The van der Waals surface area contributed by atoms with Crippen LogP contribution in [0.25, 0.3) is 5.70 Å². The molecule has 28 heavy (non-hydrogen) atoms. The van der Waals surface area contributed by atoms with Gasteiger partial charge in [0.1, 0.15) is 17.3 Å². The summed E-state index contributed by atoms with van der Waals surface area (Å²) in [4.78, 5) is 26.9. The van der Waals surface area contributed by atoms with Gasteiger partial charge in [0.15, 0.2) is 17.3 Å². The second-order valence-electron chi connectivity index (χ2n) is 5.39. The van der Waals surface area contributed by atoms with Crippen molar-refractivity contribution in [2.24, 2.45) is 5.73 Å². The molecule has 0 aliphatic heterocycles. The summed E-state index contributed by atoms with van der Waals surface area (Å²) in [5.41, 5.74) is 10.5. The molecule has 0 amide bonds. The number of hydrogen-bond donors (Lipinski definition) is 4. The monoisotopic (exact) mass is 408 g/mol. The van der Waals surface area contributed by atoms with Crippen LogP contribution in [0.3, 0.4) is 0 Å². The number of allylic oxidation sites excluding steroid dienone is 1. The maximum atomic E-state index is 14.2. The van der Waals surface area contributed by atoms with Crippen molar-refractivity contribution in [3.63, 3.8) is 0 Å². The first-order valence-electron chi connectivity index (χ1n) is 7.75. The van der Waals surface area contributed by atoms with Crippen LogP contribution in [0, 0.1) is 11.2 Å². The number of hydrogen-bond acceptors (Lipinski definition) is 9. The molecule has 1 aromatic heterocycles. The number of carbonyl (C=O) groups excluding carboxylic acids is 1. The van der Waals surface area contributed by atoms with E-state index in [1.54, 1.807) is 0 Å². The van der Waals surface area contributed by atoms with Gasteiger partial charge in [0, 0.05) is 35.9 Å². The molecule has 0 radical (unpaired) electrons. The van der Waals surface area contributed by atoms with Gasteiger partial charge in [-0.25, -0.2) is 14.2 Å². The van der Waals surface area contributed by atoms with Gasteiger partial charge in [-0.2, -0.15) is 0 Å². The zero-order valence-corrected chi connectivity index (χ0v) is 15.5. The van der Waals surface area contributed by atoms with E-state index in [2.05, 4.69) is 4.98 Å². The number of carboxylic acids is 1. The Hall–Kier alpha value is -3.31. The lowest BCUT2D eigenvalue weighted by Crippen LogP contribution is -2.16. The second kappa shape index (κ2) is 9.06. The van der Waals surface area contributed by atoms with Gasteiger partial charge in [-0.05, 0) is 6.07 Å². The van der Waals surface area contributed by atoms with Gasteiger partial charge < -0.3 is 26.0 Å². The molecule has 2 aromatic rings. The molecule has 9 nitrogen and oxygen atoms in total. The van der Waals surface area contributed by atoms with Gasteiger partial charge in [0.05, 0.1) is 12.3 Å². The molecular formula is C17H17FN4O5S. The Kier molecular flexibility index (Phi) is 6.79. The number of nitrogens with one attached hydrogen (secondary N) is 1. The van der Waals surface area contributed by atoms with Gasteiger partial charge in [-0.1, -0.05) is 0 Å². The number of aromatic nitrogens is 1. The number of benzene rings is 1. The number of anilines is 1. The second-order valence-corrected chi connectivity index (χ2v) is 6.25. The predicted octanol–water partition coefficient (Wildman–Crippen LogP) is 1.52. The van der Waals surface area contributed by atoms with Gasteiger partial charge >= 0.3 is 5.97 Å². The van der Waals surface area contributed by atoms with Crippen LogP contribution >= 0.6 is 11.3 Å². The molecule has 1 aromatic carbocycles. The lowest BCUT2D eigenvalue weighted by molar-refractivity contribution is -0.108. The molecule has 148 valence electrons. The van der Waals surface area contributed by atoms with E-state index in [1.807, 2.05) is 0 Å². The highest BCUT2D eigenvalue weighted by Gasteiger charge is 2.18. The average Bonchev–Trinajstić information content (AvgIpc) is 3.14. The molecule has 0 fully saturated rings. The number of ketones is 1. The van der Waals surface area contributed by atoms with Crippen molar-refractivity contribution in [2.75, 3.05) is 26.1 Å². The zero-order valence-electron chi connectivity index (χ0n) is 14.7. The summed E-state index contributed by atoms with van der Waals surface area (Å²) in [5.74, 6) is -2.99. The van der Waals surface area contributed by atoms with E-state index in [9.17, 15) is 14.0 Å². The topological polar surface area (TPSA) is 162 Å². The van der Waals surface area contributed by atoms with Gasteiger partial charge in [-0.3, -0.25) is 10.2 Å². The zero-order chi connectivity index (χ0) is 20.8. The van der Waals surface area contributed by atoms with Crippen LogP contribution in [0.15, 0.2) is 23.6 Å². The maximum absolute atomic E-state index is 14.2. The number of nitrogen functional groups attached to an aromatic ring is 1. The fourth-order valence-electron chi connectivity index (χ4n) is 2.04. The number of thiazole rings is 1. The van der Waals surface area contributed by atoms with Crippen molar-refractivity contribution in [2.45, 2.75) is 0 Å². The van der Waals surface area contributed by atoms with Crippen LogP contribution in [0.2, 0.25) is 0 Å². The number of nitrogens with zero attached hydrogens (tertiary/aromatic N) is 1. The molecule has 0 atom stereocenters. The molecule has 6 N–H and O–H groups in total. The van der Waals surface area contributed by atoms with Crippen LogP contribution in [0.1, 0.15) is 21.1 Å². The Labute approximate surface area is 162 Å². The highest BCUT2D eigenvalue weighted by Crippen LogP contribution is 2.25. The van der Waals surface area contributed by atoms with Gasteiger partial charge in [0.2, 0.25) is 5.78 Å². The fourth-order valence-corrected chi connectivity index (χ4v) is 2.77. The first-order valence-corrected chi connectivity index (χ1v) is 8.63. The highest BCUT2D eigenvalue weighted by molar-refractivity contribution is 7.11. The minimum Gasteiger partial charge on any atom is -0.488 e. The number of ether oxygens (including phenoxy) is 2. The summed E-state index contributed by atoms with van der Waals surface area (Å²) >= 11 is 0.933. The van der Waals surface area contributed by atoms with E-state index in [1.165, 1.54) is 18.6 Å². The van der Waals surface area contributed by atoms with Crippen LogP contribution in [-0.4, -0.2) is 47.9 Å². The third-order valence-corrected chi connectivity index (χ3v) is 4.31. The third kappa shape index (κ3) is 4.90. The molecule has 1 heterocycles. The SMILES string of the molecule is COCCOc1cc(N)c(C(=N)C(=O)C=C(N)c2nc(C(=O)O)cs2)cc1F. The van der Waals surface area contributed by atoms with E-state index in [4.69, 9.17) is 31.5 Å². The number of carboxylic acid groups (broad SMARTS) is 1. The quantitative estimate of drug-likeness (QED) is 0.210. The molecule has 0 unspecified atom stereocenters. The van der Waals surface area contributed by atoms with Crippen molar-refractivity contribution in [1.82, 2.24) is 4.98 Å². The fraction of sp³-hybridized carbons (Fsp3) is 0.176. The van der Waals surface area contributed by atoms with Crippen molar-refractivity contribution in [1.29, 1.82) is 5.41 Å². The number of halogens is 1. The number of aromatic carboxylic acids is 1. The largest absolute Gasteiger partial charge is 0.488 e. The number of rotatable bonds is 9.